The van der Waals surface area contributed by atoms with Crippen molar-refractivity contribution in [2.45, 2.75) is 6.54 Å². The van der Waals surface area contributed by atoms with Crippen molar-refractivity contribution < 1.29 is 13.8 Å². The first-order valence-corrected chi connectivity index (χ1v) is 7.76. The number of aromatic nitrogens is 2. The summed E-state index contributed by atoms with van der Waals surface area (Å²) in [6.07, 6.45) is 1.46. The molecule has 0 fully saturated rings. The third-order valence-corrected chi connectivity index (χ3v) is 4.32. The molecule has 3 heterocycles. The van der Waals surface area contributed by atoms with Crippen LogP contribution in [-0.4, -0.2) is 14.5 Å². The Balaban J connectivity index is 1.74. The van der Waals surface area contributed by atoms with Crippen molar-refractivity contribution in [1.82, 2.24) is 9.55 Å². The van der Waals surface area contributed by atoms with E-state index in [2.05, 4.69) is 4.98 Å². The normalized spacial score (nSPS) is 11.2. The largest absolute Gasteiger partial charge is 0.443 e. The Labute approximate surface area is 137 Å². The van der Waals surface area contributed by atoms with E-state index in [0.717, 1.165) is 4.88 Å². The number of non-ortho nitro benzene ring substituents is 1. The molecular formula is C15H9N3O5S. The van der Waals surface area contributed by atoms with Crippen LogP contribution in [0.1, 0.15) is 5.69 Å². The maximum absolute atomic E-state index is 12.0. The first kappa shape index (κ1) is 14.4. The summed E-state index contributed by atoms with van der Waals surface area (Å²) < 4.78 is 11.8. The van der Waals surface area contributed by atoms with Gasteiger partial charge < -0.3 is 8.83 Å². The zero-order valence-corrected chi connectivity index (χ0v) is 12.9. The summed E-state index contributed by atoms with van der Waals surface area (Å²) in [5, 5.41) is 12.8. The summed E-state index contributed by atoms with van der Waals surface area (Å²) in [5.41, 5.74) is 1.04. The Morgan fingerprint density at radius 2 is 2.21 bits per heavy atom. The number of oxazole rings is 2. The van der Waals surface area contributed by atoms with E-state index in [1.807, 2.05) is 17.5 Å². The molecule has 0 unspecified atom stereocenters. The summed E-state index contributed by atoms with van der Waals surface area (Å²) in [4.78, 5) is 27.6. The number of thiophene rings is 1. The highest BCUT2D eigenvalue weighted by atomic mass is 32.1. The molecule has 0 amide bonds. The van der Waals surface area contributed by atoms with E-state index in [4.69, 9.17) is 8.83 Å². The lowest BCUT2D eigenvalue weighted by atomic mass is 10.3. The van der Waals surface area contributed by atoms with Crippen LogP contribution in [0, 0.1) is 10.1 Å². The molecule has 24 heavy (non-hydrogen) atoms. The minimum absolute atomic E-state index is 0.0991. The maximum atomic E-state index is 12.0. The van der Waals surface area contributed by atoms with Crippen LogP contribution in [0.2, 0.25) is 0 Å². The molecule has 0 aliphatic carbocycles. The van der Waals surface area contributed by atoms with Gasteiger partial charge in [0.05, 0.1) is 27.6 Å². The molecule has 0 N–H and O–H groups in total. The van der Waals surface area contributed by atoms with Gasteiger partial charge in [-0.3, -0.25) is 14.7 Å². The van der Waals surface area contributed by atoms with E-state index < -0.39 is 10.7 Å². The quantitative estimate of drug-likeness (QED) is 0.416. The van der Waals surface area contributed by atoms with Crippen LogP contribution in [0.3, 0.4) is 0 Å². The third kappa shape index (κ3) is 2.40. The Hall–Kier alpha value is -3.20. The van der Waals surface area contributed by atoms with Crippen LogP contribution < -0.4 is 5.76 Å². The fourth-order valence-corrected chi connectivity index (χ4v) is 3.02. The molecule has 0 bridgehead atoms. The summed E-state index contributed by atoms with van der Waals surface area (Å²) in [6.45, 7) is 0.0991. The van der Waals surface area contributed by atoms with Crippen LogP contribution >= 0.6 is 11.3 Å². The number of hydrogen-bond donors (Lipinski definition) is 0. The molecule has 0 aliphatic rings. The van der Waals surface area contributed by atoms with Crippen molar-refractivity contribution in [2.24, 2.45) is 0 Å². The van der Waals surface area contributed by atoms with E-state index in [1.54, 1.807) is 0 Å². The van der Waals surface area contributed by atoms with Crippen LogP contribution in [0.25, 0.3) is 21.9 Å². The van der Waals surface area contributed by atoms with Crippen molar-refractivity contribution >= 4 is 28.1 Å². The van der Waals surface area contributed by atoms with Gasteiger partial charge in [0.15, 0.2) is 5.58 Å². The molecule has 0 spiro atoms. The Bertz CT molecular complexity index is 1090. The summed E-state index contributed by atoms with van der Waals surface area (Å²) in [7, 11) is 0. The van der Waals surface area contributed by atoms with E-state index >= 15 is 0 Å². The first-order valence-electron chi connectivity index (χ1n) is 6.88. The fourth-order valence-electron chi connectivity index (χ4n) is 2.37. The van der Waals surface area contributed by atoms with E-state index in [1.165, 1.54) is 40.4 Å². The summed E-state index contributed by atoms with van der Waals surface area (Å²) in [6, 6.07) is 7.77. The van der Waals surface area contributed by atoms with Gasteiger partial charge in [-0.15, -0.1) is 11.3 Å². The average Bonchev–Trinajstić information content (AvgIpc) is 3.28. The highest BCUT2D eigenvalue weighted by Crippen LogP contribution is 2.25. The van der Waals surface area contributed by atoms with Crippen LogP contribution in [0.4, 0.5) is 5.69 Å². The molecule has 8 nitrogen and oxygen atoms in total. The molecular weight excluding hydrogens is 334 g/mol. The zero-order valence-electron chi connectivity index (χ0n) is 12.0. The van der Waals surface area contributed by atoms with Gasteiger partial charge in [-0.05, 0) is 17.5 Å². The molecule has 120 valence electrons. The highest BCUT2D eigenvalue weighted by Gasteiger charge is 2.16. The van der Waals surface area contributed by atoms with Crippen LogP contribution in [0.15, 0.2) is 55.6 Å². The lowest BCUT2D eigenvalue weighted by Gasteiger charge is -1.98. The molecule has 0 saturated heterocycles. The first-order chi connectivity index (χ1) is 11.6. The SMILES string of the molecule is O=c1oc2ccc([N+](=O)[O-])cc2n1Cc1coc(-c2cccs2)n1. The second-order valence-corrected chi connectivity index (χ2v) is 5.93. The number of hydrogen-bond acceptors (Lipinski definition) is 7. The molecule has 1 aromatic carbocycles. The van der Waals surface area contributed by atoms with Gasteiger partial charge in [-0.1, -0.05) is 6.07 Å². The Kier molecular flexibility index (Phi) is 3.28. The second-order valence-electron chi connectivity index (χ2n) is 4.98. The monoisotopic (exact) mass is 343 g/mol. The van der Waals surface area contributed by atoms with Gasteiger partial charge >= 0.3 is 5.76 Å². The van der Waals surface area contributed by atoms with E-state index in [0.29, 0.717) is 17.1 Å². The Morgan fingerprint density at radius 3 is 2.96 bits per heavy atom. The standard InChI is InChI=1S/C15H9N3O5S/c19-15-17(11-6-10(18(20)21)3-4-12(11)23-15)7-9-8-22-14(16-9)13-2-1-5-24-13/h1-6,8H,7H2. The highest BCUT2D eigenvalue weighted by molar-refractivity contribution is 7.13. The van der Waals surface area contributed by atoms with Gasteiger partial charge in [0, 0.05) is 12.1 Å². The van der Waals surface area contributed by atoms with Crippen molar-refractivity contribution in [1.29, 1.82) is 0 Å². The number of nitro groups is 1. The molecule has 4 rings (SSSR count). The predicted molar refractivity (Wildman–Crippen MR) is 86.0 cm³/mol. The van der Waals surface area contributed by atoms with E-state index in [9.17, 15) is 14.9 Å². The minimum Gasteiger partial charge on any atom is -0.443 e. The van der Waals surface area contributed by atoms with Crippen LogP contribution in [0.5, 0.6) is 0 Å². The van der Waals surface area contributed by atoms with Crippen molar-refractivity contribution in [2.75, 3.05) is 0 Å². The van der Waals surface area contributed by atoms with Gasteiger partial charge in [0.2, 0.25) is 5.89 Å². The van der Waals surface area contributed by atoms with Gasteiger partial charge in [0.1, 0.15) is 6.26 Å². The number of nitro benzene ring substituents is 1. The summed E-state index contributed by atoms with van der Waals surface area (Å²) >= 11 is 1.49. The minimum atomic E-state index is -0.605. The second kappa shape index (κ2) is 5.46. The zero-order chi connectivity index (χ0) is 16.7. The number of nitrogens with zero attached hydrogens (tertiary/aromatic N) is 3. The maximum Gasteiger partial charge on any atom is 0.420 e. The van der Waals surface area contributed by atoms with Crippen molar-refractivity contribution in [3.05, 3.63) is 68.3 Å². The third-order valence-electron chi connectivity index (χ3n) is 3.47. The Morgan fingerprint density at radius 1 is 1.33 bits per heavy atom. The van der Waals surface area contributed by atoms with E-state index in [-0.39, 0.29) is 17.8 Å². The van der Waals surface area contributed by atoms with Gasteiger partial charge in [0.25, 0.3) is 5.69 Å². The molecule has 3 aromatic heterocycles. The number of rotatable bonds is 4. The fraction of sp³-hybridized carbons (Fsp3) is 0.0667. The lowest BCUT2D eigenvalue weighted by Crippen LogP contribution is -2.15. The van der Waals surface area contributed by atoms with Gasteiger partial charge in [-0.2, -0.15) is 0 Å². The number of benzene rings is 1. The number of fused-ring (bicyclic) bond motifs is 1. The van der Waals surface area contributed by atoms with Gasteiger partial charge in [-0.25, -0.2) is 9.78 Å². The molecule has 4 aromatic rings. The predicted octanol–water partition coefficient (Wildman–Crippen LogP) is 3.27. The molecule has 0 atom stereocenters. The van der Waals surface area contributed by atoms with Crippen LogP contribution in [-0.2, 0) is 6.54 Å². The smallest absolute Gasteiger partial charge is 0.420 e. The average molecular weight is 343 g/mol. The molecule has 0 radical (unpaired) electrons. The summed E-state index contributed by atoms with van der Waals surface area (Å²) in [5.74, 6) is -0.141. The van der Waals surface area contributed by atoms with Crippen molar-refractivity contribution in [3.63, 3.8) is 0 Å². The van der Waals surface area contributed by atoms with Crippen molar-refractivity contribution in [3.8, 4) is 10.8 Å². The molecule has 0 saturated carbocycles. The lowest BCUT2D eigenvalue weighted by molar-refractivity contribution is -0.384. The molecule has 0 aliphatic heterocycles. The molecule has 9 heteroatoms. The topological polar surface area (TPSA) is 104 Å².